The molecule has 2 N–H and O–H groups in total. The first-order valence-electron chi connectivity index (χ1n) is 5.97. The van der Waals surface area contributed by atoms with Gasteiger partial charge in [-0.3, -0.25) is 14.5 Å². The fourth-order valence-electron chi connectivity index (χ4n) is 1.86. The summed E-state index contributed by atoms with van der Waals surface area (Å²) in [5, 5.41) is 10.0. The van der Waals surface area contributed by atoms with E-state index >= 15 is 0 Å². The zero-order valence-electron chi connectivity index (χ0n) is 11.5. The highest BCUT2D eigenvalue weighted by Gasteiger charge is 2.14. The van der Waals surface area contributed by atoms with E-state index in [0.717, 1.165) is 17.1 Å². The Bertz CT molecular complexity index is 617. The quantitative estimate of drug-likeness (QED) is 0.880. The molecule has 0 saturated heterocycles. The average molecular weight is 259 g/mol. The lowest BCUT2D eigenvalue weighted by Crippen LogP contribution is -2.15. The lowest BCUT2D eigenvalue weighted by Gasteiger charge is -2.09. The van der Waals surface area contributed by atoms with Crippen molar-refractivity contribution in [3.8, 4) is 0 Å². The van der Waals surface area contributed by atoms with Gasteiger partial charge in [0.05, 0.1) is 22.6 Å². The molecule has 0 fully saturated rings. The molecule has 0 aliphatic rings. The number of rotatable bonds is 3. The van der Waals surface area contributed by atoms with Crippen molar-refractivity contribution in [1.29, 1.82) is 0 Å². The fraction of sp³-hybridized carbons (Fsp3) is 0.308. The number of carbonyl (C=O) groups excluding carboxylic acids is 1. The van der Waals surface area contributed by atoms with Crippen molar-refractivity contribution in [3.05, 3.63) is 35.4 Å². The van der Waals surface area contributed by atoms with E-state index in [1.165, 1.54) is 0 Å². The Balaban J connectivity index is 2.27. The van der Waals surface area contributed by atoms with Crippen LogP contribution in [0.2, 0.25) is 0 Å². The highest BCUT2D eigenvalue weighted by molar-refractivity contribution is 6.08. The van der Waals surface area contributed by atoms with Crippen molar-refractivity contribution in [2.75, 3.05) is 17.7 Å². The first-order chi connectivity index (χ1) is 9.01. The van der Waals surface area contributed by atoms with Crippen LogP contribution in [0.25, 0.3) is 0 Å². The molecule has 0 aliphatic carbocycles. The van der Waals surface area contributed by atoms with E-state index in [4.69, 9.17) is 0 Å². The summed E-state index contributed by atoms with van der Waals surface area (Å²) < 4.78 is 1.66. The number of nitrogens with zero attached hydrogens (tertiary/aromatic N) is 3. The zero-order chi connectivity index (χ0) is 14.0. The third-order valence-electron chi connectivity index (χ3n) is 2.82. The van der Waals surface area contributed by atoms with Crippen LogP contribution in [0, 0.1) is 13.8 Å². The smallest absolute Gasteiger partial charge is 0.259 e. The van der Waals surface area contributed by atoms with Gasteiger partial charge in [-0.25, -0.2) is 0 Å². The molecule has 2 aromatic heterocycles. The molecule has 1 amide bonds. The number of nitrogens with one attached hydrogen (secondary N) is 2. The van der Waals surface area contributed by atoms with Crippen molar-refractivity contribution in [3.63, 3.8) is 0 Å². The van der Waals surface area contributed by atoms with Crippen LogP contribution in [0.5, 0.6) is 0 Å². The Labute approximate surface area is 111 Å². The zero-order valence-corrected chi connectivity index (χ0v) is 11.5. The van der Waals surface area contributed by atoms with Crippen LogP contribution in [0.3, 0.4) is 0 Å². The topological polar surface area (TPSA) is 71.8 Å². The van der Waals surface area contributed by atoms with Crippen LogP contribution in [0.15, 0.2) is 18.5 Å². The lowest BCUT2D eigenvalue weighted by atomic mass is 10.2. The van der Waals surface area contributed by atoms with Gasteiger partial charge in [-0.1, -0.05) is 0 Å². The van der Waals surface area contributed by atoms with E-state index in [9.17, 15) is 4.79 Å². The van der Waals surface area contributed by atoms with Crippen molar-refractivity contribution in [2.45, 2.75) is 13.8 Å². The number of hydrogen-bond donors (Lipinski definition) is 2. The monoisotopic (exact) mass is 259 g/mol. The van der Waals surface area contributed by atoms with E-state index < -0.39 is 0 Å². The normalized spacial score (nSPS) is 10.3. The lowest BCUT2D eigenvalue weighted by molar-refractivity contribution is 0.102. The largest absolute Gasteiger partial charge is 0.387 e. The summed E-state index contributed by atoms with van der Waals surface area (Å²) in [5.74, 6) is -0.201. The molecule has 19 heavy (non-hydrogen) atoms. The van der Waals surface area contributed by atoms with Gasteiger partial charge in [-0.15, -0.1) is 0 Å². The molecule has 2 rings (SSSR count). The first kappa shape index (κ1) is 13.1. The number of aryl methyl sites for hydroxylation is 3. The third-order valence-corrected chi connectivity index (χ3v) is 2.82. The van der Waals surface area contributed by atoms with Crippen molar-refractivity contribution in [1.82, 2.24) is 14.8 Å². The minimum atomic E-state index is -0.201. The Hall–Kier alpha value is -2.37. The second-order valence-corrected chi connectivity index (χ2v) is 4.38. The molecule has 6 heteroatoms. The summed E-state index contributed by atoms with van der Waals surface area (Å²) in [6, 6.07) is 1.84. The molecule has 2 aromatic rings. The van der Waals surface area contributed by atoms with Gasteiger partial charge in [0.15, 0.2) is 0 Å². The van der Waals surface area contributed by atoms with Crippen molar-refractivity contribution >= 4 is 17.3 Å². The number of pyridine rings is 1. The average Bonchev–Trinajstić information content (AvgIpc) is 2.67. The van der Waals surface area contributed by atoms with E-state index in [-0.39, 0.29) is 5.91 Å². The SMILES string of the molecule is CNc1cc(C)ncc1C(=O)Nc1cn(C)nc1C. The van der Waals surface area contributed by atoms with Gasteiger partial charge in [0.1, 0.15) is 0 Å². The van der Waals surface area contributed by atoms with Gasteiger partial charge in [0.25, 0.3) is 5.91 Å². The van der Waals surface area contributed by atoms with Crippen LogP contribution in [0.1, 0.15) is 21.7 Å². The van der Waals surface area contributed by atoms with Crippen LogP contribution in [-0.4, -0.2) is 27.7 Å². The molecule has 0 unspecified atom stereocenters. The molecule has 0 spiro atoms. The van der Waals surface area contributed by atoms with Crippen molar-refractivity contribution in [2.24, 2.45) is 7.05 Å². The maximum atomic E-state index is 12.2. The molecule has 0 aliphatic heterocycles. The maximum absolute atomic E-state index is 12.2. The van der Waals surface area contributed by atoms with Gasteiger partial charge in [0.2, 0.25) is 0 Å². The third kappa shape index (κ3) is 2.73. The molecule has 0 saturated carbocycles. The molecule has 0 atom stereocenters. The molecular formula is C13H17N5O. The number of aromatic nitrogens is 3. The summed E-state index contributed by atoms with van der Waals surface area (Å²) in [7, 11) is 3.59. The molecule has 0 radical (unpaired) electrons. The molecular weight excluding hydrogens is 242 g/mol. The number of anilines is 2. The number of carbonyl (C=O) groups is 1. The maximum Gasteiger partial charge on any atom is 0.259 e. The van der Waals surface area contributed by atoms with Crippen molar-refractivity contribution < 1.29 is 4.79 Å². The van der Waals surface area contributed by atoms with Crippen LogP contribution < -0.4 is 10.6 Å². The van der Waals surface area contributed by atoms with E-state index in [2.05, 4.69) is 20.7 Å². The molecule has 0 aromatic carbocycles. The molecule has 2 heterocycles. The molecule has 0 bridgehead atoms. The Morgan fingerprint density at radius 3 is 2.63 bits per heavy atom. The minimum Gasteiger partial charge on any atom is -0.387 e. The second-order valence-electron chi connectivity index (χ2n) is 4.38. The number of hydrogen-bond acceptors (Lipinski definition) is 4. The number of amides is 1. The highest BCUT2D eigenvalue weighted by atomic mass is 16.1. The molecule has 100 valence electrons. The van der Waals surface area contributed by atoms with E-state index in [1.807, 2.05) is 27.0 Å². The minimum absolute atomic E-state index is 0.201. The Morgan fingerprint density at radius 2 is 2.05 bits per heavy atom. The van der Waals surface area contributed by atoms with E-state index in [1.54, 1.807) is 24.1 Å². The molecule has 6 nitrogen and oxygen atoms in total. The summed E-state index contributed by atoms with van der Waals surface area (Å²) in [6.45, 7) is 3.73. The Kier molecular flexibility index (Phi) is 3.50. The van der Waals surface area contributed by atoms with Gasteiger partial charge in [0, 0.05) is 32.2 Å². The van der Waals surface area contributed by atoms with Crippen LogP contribution in [-0.2, 0) is 7.05 Å². The fourth-order valence-corrected chi connectivity index (χ4v) is 1.86. The van der Waals surface area contributed by atoms with Gasteiger partial charge in [-0.05, 0) is 19.9 Å². The van der Waals surface area contributed by atoms with Crippen LogP contribution >= 0.6 is 0 Å². The second kappa shape index (κ2) is 5.09. The van der Waals surface area contributed by atoms with E-state index in [0.29, 0.717) is 11.3 Å². The standard InChI is InChI=1S/C13H17N5O/c1-8-5-11(14-3)10(6-15-8)13(19)16-12-7-18(4)17-9(12)2/h5-7H,1-4H3,(H,14,15)(H,16,19). The predicted octanol–water partition coefficient (Wildman–Crippen LogP) is 1.73. The summed E-state index contributed by atoms with van der Waals surface area (Å²) in [5.41, 5.74) is 3.61. The van der Waals surface area contributed by atoms with Gasteiger partial charge < -0.3 is 10.6 Å². The summed E-state index contributed by atoms with van der Waals surface area (Å²) in [6.07, 6.45) is 3.34. The van der Waals surface area contributed by atoms with Gasteiger partial charge >= 0.3 is 0 Å². The van der Waals surface area contributed by atoms with Crippen LogP contribution in [0.4, 0.5) is 11.4 Å². The Morgan fingerprint density at radius 1 is 1.32 bits per heavy atom. The van der Waals surface area contributed by atoms with Gasteiger partial charge in [-0.2, -0.15) is 5.10 Å². The summed E-state index contributed by atoms with van der Waals surface area (Å²) in [4.78, 5) is 16.4. The first-order valence-corrected chi connectivity index (χ1v) is 5.97. The highest BCUT2D eigenvalue weighted by Crippen LogP contribution is 2.18. The predicted molar refractivity (Wildman–Crippen MR) is 74.4 cm³/mol. The summed E-state index contributed by atoms with van der Waals surface area (Å²) >= 11 is 0.